The van der Waals surface area contributed by atoms with E-state index in [0.29, 0.717) is 24.7 Å². The minimum atomic E-state index is -0.261. The molecule has 0 radical (unpaired) electrons. The summed E-state index contributed by atoms with van der Waals surface area (Å²) >= 11 is 0. The molecule has 0 atom stereocenters. The maximum Gasteiger partial charge on any atom is 0.231 e. The maximum atomic E-state index is 13.9. The first-order valence-corrected chi connectivity index (χ1v) is 10.8. The molecule has 0 spiro atoms. The second kappa shape index (κ2) is 7.78. The van der Waals surface area contributed by atoms with Crippen LogP contribution in [0.1, 0.15) is 12.5 Å². The summed E-state index contributed by atoms with van der Waals surface area (Å²) in [7, 11) is 0. The number of hydrogen-bond acceptors (Lipinski definition) is 5. The van der Waals surface area contributed by atoms with Gasteiger partial charge in [0.1, 0.15) is 23.0 Å². The molecule has 7 heteroatoms. The van der Waals surface area contributed by atoms with Gasteiger partial charge in [0.25, 0.3) is 0 Å². The number of benzene rings is 3. The highest BCUT2D eigenvalue weighted by Gasteiger charge is 2.24. The van der Waals surface area contributed by atoms with Crippen molar-refractivity contribution in [3.63, 3.8) is 0 Å². The fourth-order valence-electron chi connectivity index (χ4n) is 4.28. The van der Waals surface area contributed by atoms with Crippen LogP contribution in [0, 0.1) is 5.82 Å². The molecular weight excluding hydrogens is 421 g/mol. The lowest BCUT2D eigenvalue weighted by Crippen LogP contribution is -2.04. The van der Waals surface area contributed by atoms with E-state index in [1.165, 1.54) is 6.07 Å². The normalized spacial score (nSPS) is 12.5. The average Bonchev–Trinajstić information content (AvgIpc) is 3.45. The van der Waals surface area contributed by atoms with Crippen molar-refractivity contribution < 1.29 is 18.6 Å². The number of hydrogen-bond donors (Lipinski definition) is 0. The molecule has 0 aliphatic carbocycles. The maximum absolute atomic E-state index is 13.9. The van der Waals surface area contributed by atoms with E-state index in [1.54, 1.807) is 12.1 Å². The predicted octanol–water partition coefficient (Wildman–Crippen LogP) is 5.52. The molecule has 3 aromatic rings. The minimum absolute atomic E-state index is 0.183. The van der Waals surface area contributed by atoms with Gasteiger partial charge in [-0.2, -0.15) is 0 Å². The minimum Gasteiger partial charge on any atom is -0.494 e. The van der Waals surface area contributed by atoms with Gasteiger partial charge in [0.2, 0.25) is 6.79 Å². The number of rotatable bonds is 5. The van der Waals surface area contributed by atoms with Gasteiger partial charge in [0.05, 0.1) is 12.1 Å². The summed E-state index contributed by atoms with van der Waals surface area (Å²) in [5.41, 5.74) is 5.17. The SMILES string of the molecule is CCOc1ccc(-c2nnc3c4cc5c(cc4n(Cc4cccc(F)c4)cc2-3)OCO5)cc1. The van der Waals surface area contributed by atoms with Gasteiger partial charge in [0.15, 0.2) is 11.5 Å². The molecule has 0 N–H and O–H groups in total. The van der Waals surface area contributed by atoms with Crippen LogP contribution in [0.5, 0.6) is 17.2 Å². The van der Waals surface area contributed by atoms with Crippen LogP contribution in [0.3, 0.4) is 0 Å². The highest BCUT2D eigenvalue weighted by Crippen LogP contribution is 2.42. The van der Waals surface area contributed by atoms with Crippen molar-refractivity contribution in [3.05, 3.63) is 78.2 Å². The van der Waals surface area contributed by atoms with E-state index in [1.807, 2.05) is 55.6 Å². The summed E-state index contributed by atoms with van der Waals surface area (Å²) in [6.45, 7) is 3.24. The van der Waals surface area contributed by atoms with E-state index < -0.39 is 0 Å². The Hall–Kier alpha value is -4.13. The van der Waals surface area contributed by atoms with Crippen molar-refractivity contribution in [2.75, 3.05) is 13.4 Å². The first kappa shape index (κ1) is 19.5. The fourth-order valence-corrected chi connectivity index (χ4v) is 4.28. The molecule has 0 aromatic heterocycles. The molecule has 0 saturated carbocycles. The lowest BCUT2D eigenvalue weighted by molar-refractivity contribution is 0.174. The van der Waals surface area contributed by atoms with Gasteiger partial charge < -0.3 is 18.8 Å². The zero-order chi connectivity index (χ0) is 22.4. The molecular formula is C26H20FN3O3. The Bertz CT molecular complexity index is 1450. The van der Waals surface area contributed by atoms with Gasteiger partial charge >= 0.3 is 0 Å². The first-order chi connectivity index (χ1) is 16.2. The molecule has 0 bridgehead atoms. The van der Waals surface area contributed by atoms with Gasteiger partial charge in [-0.05, 0) is 55.0 Å². The van der Waals surface area contributed by atoms with Crippen molar-refractivity contribution >= 4 is 10.9 Å². The Morgan fingerprint density at radius 3 is 2.55 bits per heavy atom. The standard InChI is InChI=1S/C26H20FN3O3/c1-2-31-19-8-6-17(7-9-19)25-21-14-30(13-16-4-3-5-18(27)10-16)22-12-24-23(32-15-33-24)11-20(22)26(21)29-28-25/h3-12,14H,2,13,15H2,1H3. The Balaban J connectivity index is 1.54. The third-order valence-electron chi connectivity index (χ3n) is 5.78. The first-order valence-electron chi connectivity index (χ1n) is 10.8. The molecule has 0 amide bonds. The number of pyridine rings is 1. The highest BCUT2D eigenvalue weighted by atomic mass is 19.1. The van der Waals surface area contributed by atoms with E-state index in [2.05, 4.69) is 14.8 Å². The van der Waals surface area contributed by atoms with Crippen molar-refractivity contribution in [1.82, 2.24) is 14.8 Å². The third kappa shape index (κ3) is 3.42. The van der Waals surface area contributed by atoms with E-state index in [4.69, 9.17) is 14.2 Å². The smallest absolute Gasteiger partial charge is 0.231 e. The van der Waals surface area contributed by atoms with Crippen LogP contribution < -0.4 is 14.2 Å². The summed E-state index contributed by atoms with van der Waals surface area (Å²) in [5, 5.41) is 9.93. The van der Waals surface area contributed by atoms with Crippen LogP contribution in [-0.2, 0) is 6.54 Å². The van der Waals surface area contributed by atoms with E-state index in [-0.39, 0.29) is 12.6 Å². The van der Waals surface area contributed by atoms with Crippen molar-refractivity contribution in [1.29, 1.82) is 0 Å². The van der Waals surface area contributed by atoms with E-state index in [0.717, 1.165) is 44.7 Å². The molecule has 3 aliphatic heterocycles. The number of fused-ring (bicyclic) bond motifs is 4. The molecule has 0 fully saturated rings. The lowest BCUT2D eigenvalue weighted by atomic mass is 10.0. The van der Waals surface area contributed by atoms with Crippen LogP contribution >= 0.6 is 0 Å². The zero-order valence-electron chi connectivity index (χ0n) is 17.9. The monoisotopic (exact) mass is 441 g/mol. The number of ether oxygens (including phenoxy) is 3. The summed E-state index contributed by atoms with van der Waals surface area (Å²) < 4.78 is 32.7. The largest absolute Gasteiger partial charge is 0.494 e. The van der Waals surface area contributed by atoms with Gasteiger partial charge in [-0.1, -0.05) is 12.1 Å². The summed E-state index contributed by atoms with van der Waals surface area (Å²) in [6.07, 6.45) is 2.02. The quantitative estimate of drug-likeness (QED) is 0.360. The van der Waals surface area contributed by atoms with Crippen LogP contribution in [0.25, 0.3) is 33.4 Å². The fraction of sp³-hybridized carbons (Fsp3) is 0.154. The highest BCUT2D eigenvalue weighted by molar-refractivity contribution is 5.99. The molecule has 3 heterocycles. The van der Waals surface area contributed by atoms with Gasteiger partial charge in [0, 0.05) is 35.3 Å². The van der Waals surface area contributed by atoms with E-state index in [9.17, 15) is 4.39 Å². The van der Waals surface area contributed by atoms with Crippen molar-refractivity contribution in [2.45, 2.75) is 13.5 Å². The van der Waals surface area contributed by atoms with Crippen LogP contribution in [0.2, 0.25) is 0 Å². The Morgan fingerprint density at radius 1 is 0.970 bits per heavy atom. The average molecular weight is 441 g/mol. The third-order valence-corrected chi connectivity index (χ3v) is 5.78. The van der Waals surface area contributed by atoms with Gasteiger partial charge in [-0.25, -0.2) is 4.39 Å². The molecule has 0 saturated heterocycles. The van der Waals surface area contributed by atoms with Crippen LogP contribution in [0.15, 0.2) is 66.9 Å². The molecule has 164 valence electrons. The van der Waals surface area contributed by atoms with Gasteiger partial charge in [-0.3, -0.25) is 0 Å². The summed E-state index contributed by atoms with van der Waals surface area (Å²) in [6, 6.07) is 18.3. The Labute approximate surface area is 189 Å². The van der Waals surface area contributed by atoms with Gasteiger partial charge in [-0.15, -0.1) is 10.2 Å². The molecule has 0 unspecified atom stereocenters. The predicted molar refractivity (Wildman–Crippen MR) is 122 cm³/mol. The zero-order valence-corrected chi connectivity index (χ0v) is 17.9. The molecule has 6 rings (SSSR count). The molecule has 3 aromatic carbocycles. The summed E-state index contributed by atoms with van der Waals surface area (Å²) in [5.74, 6) is 1.91. The number of nitrogens with zero attached hydrogens (tertiary/aromatic N) is 3. The van der Waals surface area contributed by atoms with Crippen molar-refractivity contribution in [2.24, 2.45) is 0 Å². The second-order valence-electron chi connectivity index (χ2n) is 7.88. The number of aromatic nitrogens is 3. The van der Waals surface area contributed by atoms with Crippen LogP contribution in [0.4, 0.5) is 4.39 Å². The molecule has 33 heavy (non-hydrogen) atoms. The Morgan fingerprint density at radius 2 is 1.76 bits per heavy atom. The lowest BCUT2D eigenvalue weighted by Gasteiger charge is -2.16. The Kier molecular flexibility index (Phi) is 4.61. The molecule has 6 nitrogen and oxygen atoms in total. The molecule has 3 aliphatic rings. The topological polar surface area (TPSA) is 58.4 Å². The van der Waals surface area contributed by atoms with Crippen molar-refractivity contribution in [3.8, 4) is 39.8 Å². The second-order valence-corrected chi connectivity index (χ2v) is 7.88. The van der Waals surface area contributed by atoms with E-state index >= 15 is 0 Å². The van der Waals surface area contributed by atoms with Crippen LogP contribution in [-0.4, -0.2) is 28.2 Å². The summed E-state index contributed by atoms with van der Waals surface area (Å²) in [4.78, 5) is 0. The number of halogens is 1.